The Morgan fingerprint density at radius 1 is 1.25 bits per heavy atom. The van der Waals surface area contributed by atoms with E-state index in [1.165, 1.54) is 6.07 Å². The van der Waals surface area contributed by atoms with Crippen molar-refractivity contribution in [2.45, 2.75) is 43.7 Å². The van der Waals surface area contributed by atoms with Gasteiger partial charge in [-0.25, -0.2) is 9.18 Å². The number of morpholine rings is 1. The third kappa shape index (κ3) is 3.26. The van der Waals surface area contributed by atoms with E-state index in [0.717, 1.165) is 32.3 Å². The van der Waals surface area contributed by atoms with Gasteiger partial charge in [0.15, 0.2) is 0 Å². The zero-order chi connectivity index (χ0) is 16.5. The molecule has 6 heteroatoms. The maximum Gasteiger partial charge on any atom is 0.322 e. The first kappa shape index (κ1) is 15.8. The molecule has 2 amide bonds. The van der Waals surface area contributed by atoms with Gasteiger partial charge < -0.3 is 19.7 Å². The van der Waals surface area contributed by atoms with Crippen LogP contribution in [0.25, 0.3) is 0 Å². The van der Waals surface area contributed by atoms with Crippen LogP contribution in [-0.2, 0) is 9.47 Å². The summed E-state index contributed by atoms with van der Waals surface area (Å²) in [5.41, 5.74) is 1.37. The van der Waals surface area contributed by atoms with Crippen molar-refractivity contribution in [2.24, 2.45) is 0 Å². The van der Waals surface area contributed by atoms with Crippen LogP contribution < -0.4 is 5.32 Å². The van der Waals surface area contributed by atoms with Gasteiger partial charge in [0.25, 0.3) is 0 Å². The predicted molar refractivity (Wildman–Crippen MR) is 87.7 cm³/mol. The van der Waals surface area contributed by atoms with Gasteiger partial charge in [0.2, 0.25) is 0 Å². The van der Waals surface area contributed by atoms with Crippen molar-refractivity contribution in [3.8, 4) is 0 Å². The van der Waals surface area contributed by atoms with E-state index in [1.54, 1.807) is 17.0 Å². The summed E-state index contributed by atoms with van der Waals surface area (Å²) < 4.78 is 25.2. The summed E-state index contributed by atoms with van der Waals surface area (Å²) in [5.74, 6) is 0.129. The Kier molecular flexibility index (Phi) is 4.41. The number of hydrogen-bond donors (Lipinski definition) is 1. The lowest BCUT2D eigenvalue weighted by Crippen LogP contribution is -2.55. The number of urea groups is 1. The van der Waals surface area contributed by atoms with Crippen LogP contribution in [0, 0.1) is 5.82 Å². The molecule has 1 aliphatic carbocycles. The van der Waals surface area contributed by atoms with Crippen LogP contribution >= 0.6 is 0 Å². The second-order valence-corrected chi connectivity index (χ2v) is 6.83. The molecule has 0 spiro atoms. The highest BCUT2D eigenvalue weighted by Gasteiger charge is 2.36. The number of ether oxygens (including phenoxy) is 2. The molecule has 2 aliphatic heterocycles. The summed E-state index contributed by atoms with van der Waals surface area (Å²) in [7, 11) is 0. The molecule has 1 aromatic rings. The fourth-order valence-corrected chi connectivity index (χ4v) is 3.61. The topological polar surface area (TPSA) is 50.8 Å². The SMILES string of the molecule is O=C(Nc1ccc(F)c(C2CC2)c1)N1CCOCC1C1CCCO1. The minimum atomic E-state index is -0.181. The van der Waals surface area contributed by atoms with Gasteiger partial charge in [-0.3, -0.25) is 0 Å². The molecule has 5 nitrogen and oxygen atoms in total. The van der Waals surface area contributed by atoms with Crippen molar-refractivity contribution in [1.29, 1.82) is 0 Å². The molecule has 3 aliphatic rings. The fraction of sp³-hybridized carbons (Fsp3) is 0.611. The molecule has 1 saturated carbocycles. The lowest BCUT2D eigenvalue weighted by Gasteiger charge is -2.38. The fourth-order valence-electron chi connectivity index (χ4n) is 3.61. The Morgan fingerprint density at radius 2 is 2.12 bits per heavy atom. The molecule has 2 saturated heterocycles. The number of nitrogens with zero attached hydrogens (tertiary/aromatic N) is 1. The molecule has 1 aromatic carbocycles. The number of amides is 2. The first-order valence-electron chi connectivity index (χ1n) is 8.79. The maximum atomic E-state index is 13.9. The van der Waals surface area contributed by atoms with Crippen molar-refractivity contribution in [3.63, 3.8) is 0 Å². The number of rotatable bonds is 3. The molecule has 0 radical (unpaired) electrons. The third-order valence-corrected chi connectivity index (χ3v) is 5.08. The van der Waals surface area contributed by atoms with Crippen LogP contribution in [0.15, 0.2) is 18.2 Å². The largest absolute Gasteiger partial charge is 0.377 e. The highest BCUT2D eigenvalue weighted by molar-refractivity contribution is 5.89. The summed E-state index contributed by atoms with van der Waals surface area (Å²) in [6, 6.07) is 4.63. The molecule has 2 unspecified atom stereocenters. The highest BCUT2D eigenvalue weighted by Crippen LogP contribution is 2.42. The Balaban J connectivity index is 1.47. The van der Waals surface area contributed by atoms with Gasteiger partial charge in [-0.1, -0.05) is 0 Å². The average Bonchev–Trinajstić information content (AvgIpc) is 3.30. The van der Waals surface area contributed by atoms with Gasteiger partial charge in [0, 0.05) is 18.8 Å². The van der Waals surface area contributed by atoms with Gasteiger partial charge in [-0.2, -0.15) is 0 Å². The number of carbonyl (C=O) groups is 1. The van der Waals surface area contributed by atoms with Crippen molar-refractivity contribution >= 4 is 11.7 Å². The van der Waals surface area contributed by atoms with E-state index in [0.29, 0.717) is 36.9 Å². The van der Waals surface area contributed by atoms with Gasteiger partial charge in [0.05, 0.1) is 25.4 Å². The Labute approximate surface area is 141 Å². The first-order valence-corrected chi connectivity index (χ1v) is 8.79. The van der Waals surface area contributed by atoms with E-state index in [1.807, 2.05) is 0 Å². The van der Waals surface area contributed by atoms with Crippen LogP contribution in [0.4, 0.5) is 14.9 Å². The van der Waals surface area contributed by atoms with Gasteiger partial charge in [0.1, 0.15) is 5.82 Å². The van der Waals surface area contributed by atoms with Gasteiger partial charge in [-0.05, 0) is 55.4 Å². The molecule has 0 bridgehead atoms. The van der Waals surface area contributed by atoms with Gasteiger partial charge >= 0.3 is 6.03 Å². The van der Waals surface area contributed by atoms with Crippen LogP contribution in [0.1, 0.15) is 37.2 Å². The number of hydrogen-bond acceptors (Lipinski definition) is 3. The number of halogens is 1. The number of anilines is 1. The van der Waals surface area contributed by atoms with E-state index in [2.05, 4.69) is 5.32 Å². The summed E-state index contributed by atoms with van der Waals surface area (Å²) >= 11 is 0. The standard InChI is InChI=1S/C18H23FN2O3/c19-15-6-5-13(10-14(15)12-3-4-12)20-18(22)21-7-9-23-11-16(21)17-2-1-8-24-17/h5-6,10,12,16-17H,1-4,7-9,11H2,(H,20,22). The van der Waals surface area contributed by atoms with E-state index in [4.69, 9.17) is 9.47 Å². The van der Waals surface area contributed by atoms with Crippen LogP contribution in [0.3, 0.4) is 0 Å². The summed E-state index contributed by atoms with van der Waals surface area (Å²) in [6.45, 7) is 2.34. The minimum Gasteiger partial charge on any atom is -0.377 e. The van der Waals surface area contributed by atoms with Crippen molar-refractivity contribution < 1.29 is 18.7 Å². The van der Waals surface area contributed by atoms with Crippen molar-refractivity contribution in [2.75, 3.05) is 31.7 Å². The predicted octanol–water partition coefficient (Wildman–Crippen LogP) is 3.11. The minimum absolute atomic E-state index is 0.0475. The zero-order valence-corrected chi connectivity index (χ0v) is 13.7. The molecule has 1 N–H and O–H groups in total. The van der Waals surface area contributed by atoms with Crippen molar-refractivity contribution in [1.82, 2.24) is 4.90 Å². The Bertz CT molecular complexity index is 614. The number of nitrogens with one attached hydrogen (secondary N) is 1. The normalized spacial score (nSPS) is 27.3. The van der Waals surface area contributed by atoms with Crippen LogP contribution in [0.5, 0.6) is 0 Å². The third-order valence-electron chi connectivity index (χ3n) is 5.08. The highest BCUT2D eigenvalue weighted by atomic mass is 19.1. The molecule has 24 heavy (non-hydrogen) atoms. The van der Waals surface area contributed by atoms with Gasteiger partial charge in [-0.15, -0.1) is 0 Å². The van der Waals surface area contributed by atoms with E-state index in [9.17, 15) is 9.18 Å². The summed E-state index contributed by atoms with van der Waals surface area (Å²) in [6.07, 6.45) is 4.09. The summed E-state index contributed by atoms with van der Waals surface area (Å²) in [5, 5.41) is 2.92. The molecule has 2 heterocycles. The van der Waals surface area contributed by atoms with Crippen LogP contribution in [-0.4, -0.2) is 49.4 Å². The maximum absolute atomic E-state index is 13.9. The molecule has 2 atom stereocenters. The lowest BCUT2D eigenvalue weighted by molar-refractivity contribution is -0.0452. The quantitative estimate of drug-likeness (QED) is 0.924. The smallest absolute Gasteiger partial charge is 0.322 e. The first-order chi connectivity index (χ1) is 11.7. The molecular weight excluding hydrogens is 311 g/mol. The molecule has 3 fully saturated rings. The Morgan fingerprint density at radius 3 is 2.88 bits per heavy atom. The lowest BCUT2D eigenvalue weighted by atomic mass is 10.1. The molecule has 0 aromatic heterocycles. The van der Waals surface area contributed by atoms with Crippen molar-refractivity contribution in [3.05, 3.63) is 29.6 Å². The second kappa shape index (κ2) is 6.69. The molecular formula is C18H23FN2O3. The molecule has 130 valence electrons. The van der Waals surface area contributed by atoms with Crippen LogP contribution in [0.2, 0.25) is 0 Å². The number of carbonyl (C=O) groups excluding carboxylic acids is 1. The van der Waals surface area contributed by atoms with E-state index >= 15 is 0 Å². The van der Waals surface area contributed by atoms with E-state index in [-0.39, 0.29) is 24.0 Å². The second-order valence-electron chi connectivity index (χ2n) is 6.83. The Hall–Kier alpha value is -1.66. The zero-order valence-electron chi connectivity index (χ0n) is 13.7. The monoisotopic (exact) mass is 334 g/mol. The average molecular weight is 334 g/mol. The number of benzene rings is 1. The van der Waals surface area contributed by atoms with E-state index < -0.39 is 0 Å². The molecule has 4 rings (SSSR count). The summed E-state index contributed by atoms with van der Waals surface area (Å²) in [4.78, 5) is 14.5.